The van der Waals surface area contributed by atoms with Crippen LogP contribution in [0.3, 0.4) is 0 Å². The van der Waals surface area contributed by atoms with Gasteiger partial charge in [0.2, 0.25) is 0 Å². The van der Waals surface area contributed by atoms with Crippen molar-refractivity contribution in [3.8, 4) is 0 Å². The standard InChI is InChI=1S/2C6H5O2.Ru/c2*7-6(8)5-3-1-2-4-5;/h2*1-4H,(H,7,8);/q;;+2. The Morgan fingerprint density at radius 3 is 1.06 bits per heavy atom. The van der Waals surface area contributed by atoms with E-state index in [4.69, 9.17) is 10.2 Å². The van der Waals surface area contributed by atoms with E-state index in [1.54, 1.807) is 51.4 Å². The van der Waals surface area contributed by atoms with Crippen LogP contribution in [-0.4, -0.2) is 22.2 Å². The SMILES string of the molecule is O=C(O)[C]1[CH][CH][CH][CH]1.O=C(O)[C]1[CH][CH][CH][CH]1.[Ru+2]. The minimum atomic E-state index is -0.866. The summed E-state index contributed by atoms with van der Waals surface area (Å²) in [6.45, 7) is 0. The third-order valence-corrected chi connectivity index (χ3v) is 1.82. The predicted molar refractivity (Wildman–Crippen MR) is 56.2 cm³/mol. The summed E-state index contributed by atoms with van der Waals surface area (Å²) in [4.78, 5) is 20.1. The van der Waals surface area contributed by atoms with Gasteiger partial charge in [-0.2, -0.15) is 0 Å². The zero-order chi connectivity index (χ0) is 12.0. The van der Waals surface area contributed by atoms with E-state index in [1.807, 2.05) is 0 Å². The second-order valence-electron chi connectivity index (χ2n) is 2.96. The molecule has 2 N–H and O–H groups in total. The largest absolute Gasteiger partial charge is 2.00 e. The molecule has 5 heteroatoms. The molecule has 0 aromatic heterocycles. The normalized spacial score (nSPS) is 20.2. The monoisotopic (exact) mass is 320 g/mol. The maximum Gasteiger partial charge on any atom is 2.00 e. The summed E-state index contributed by atoms with van der Waals surface area (Å²) in [6.07, 6.45) is 13.0. The van der Waals surface area contributed by atoms with Crippen LogP contribution in [0.1, 0.15) is 0 Å². The maximum absolute atomic E-state index is 10.1. The van der Waals surface area contributed by atoms with E-state index in [0.717, 1.165) is 0 Å². The van der Waals surface area contributed by atoms with Crippen LogP contribution in [0.5, 0.6) is 0 Å². The van der Waals surface area contributed by atoms with Crippen LogP contribution < -0.4 is 0 Å². The third kappa shape index (κ3) is 6.16. The number of carboxylic acids is 2. The number of hydrogen-bond donors (Lipinski definition) is 2. The Balaban J connectivity index is 0.000000284. The van der Waals surface area contributed by atoms with Crippen molar-refractivity contribution in [2.45, 2.75) is 0 Å². The van der Waals surface area contributed by atoms with E-state index in [1.165, 1.54) is 0 Å². The van der Waals surface area contributed by atoms with Crippen LogP contribution in [-0.2, 0) is 29.1 Å². The van der Waals surface area contributed by atoms with E-state index in [9.17, 15) is 9.59 Å². The van der Waals surface area contributed by atoms with Gasteiger partial charge in [-0.3, -0.25) is 9.59 Å². The smallest absolute Gasteiger partial charge is 0.481 e. The molecule has 0 amide bonds. The van der Waals surface area contributed by atoms with Crippen molar-refractivity contribution < 1.29 is 39.3 Å². The summed E-state index contributed by atoms with van der Waals surface area (Å²) in [7, 11) is 0. The Bertz CT molecular complexity index is 217. The molecule has 2 aliphatic rings. The topological polar surface area (TPSA) is 74.6 Å². The van der Waals surface area contributed by atoms with Crippen molar-refractivity contribution in [1.29, 1.82) is 0 Å². The van der Waals surface area contributed by atoms with Crippen molar-refractivity contribution >= 4 is 11.9 Å². The number of carboxylic acid groups (broad SMARTS) is 2. The minimum Gasteiger partial charge on any atom is -0.481 e. The second kappa shape index (κ2) is 8.62. The molecule has 4 nitrogen and oxygen atoms in total. The van der Waals surface area contributed by atoms with Gasteiger partial charge in [0.05, 0.1) is 11.8 Å². The van der Waals surface area contributed by atoms with Gasteiger partial charge in [-0.15, -0.1) is 0 Å². The van der Waals surface area contributed by atoms with Crippen LogP contribution in [0.15, 0.2) is 0 Å². The molecule has 0 spiro atoms. The molecule has 0 heterocycles. The molecule has 0 saturated heterocycles. The Morgan fingerprint density at radius 2 is 0.941 bits per heavy atom. The molecule has 0 aromatic rings. The second-order valence-corrected chi connectivity index (χ2v) is 2.96. The summed E-state index contributed by atoms with van der Waals surface area (Å²) in [5, 5.41) is 16.5. The molecule has 0 aromatic carbocycles. The first kappa shape index (κ1) is 16.6. The summed E-state index contributed by atoms with van der Waals surface area (Å²) in [5.41, 5.74) is 0. The van der Waals surface area contributed by atoms with Gasteiger partial charge in [0.15, 0.2) is 0 Å². The summed E-state index contributed by atoms with van der Waals surface area (Å²) in [5.74, 6) is -1.03. The zero-order valence-corrected chi connectivity index (χ0v) is 10.4. The molecule has 2 fully saturated rings. The van der Waals surface area contributed by atoms with E-state index < -0.39 is 11.9 Å². The molecular weight excluding hydrogens is 309 g/mol. The van der Waals surface area contributed by atoms with Crippen LogP contribution >= 0.6 is 0 Å². The van der Waals surface area contributed by atoms with Gasteiger partial charge in [-0.1, -0.05) is 0 Å². The van der Waals surface area contributed by atoms with E-state index in [-0.39, 0.29) is 19.5 Å². The summed E-state index contributed by atoms with van der Waals surface area (Å²) >= 11 is 0. The van der Waals surface area contributed by atoms with Gasteiger partial charge < -0.3 is 10.2 Å². The first-order valence-corrected chi connectivity index (χ1v) is 4.51. The van der Waals surface area contributed by atoms with Gasteiger partial charge in [0.25, 0.3) is 0 Å². The van der Waals surface area contributed by atoms with Crippen LogP contribution in [0.25, 0.3) is 0 Å². The van der Waals surface area contributed by atoms with Gasteiger partial charge in [-0.05, 0) is 51.4 Å². The fraction of sp³-hybridized carbons (Fsp3) is 0. The Labute approximate surface area is 115 Å². The van der Waals surface area contributed by atoms with E-state index in [2.05, 4.69) is 0 Å². The van der Waals surface area contributed by atoms with Crippen LogP contribution in [0, 0.1) is 63.2 Å². The number of aliphatic carboxylic acids is 2. The van der Waals surface area contributed by atoms with Gasteiger partial charge in [0.1, 0.15) is 0 Å². The zero-order valence-electron chi connectivity index (χ0n) is 8.68. The minimum absolute atomic E-state index is 0. The van der Waals surface area contributed by atoms with Crippen molar-refractivity contribution in [1.82, 2.24) is 0 Å². The van der Waals surface area contributed by atoms with Gasteiger partial charge in [0, 0.05) is 0 Å². The van der Waals surface area contributed by atoms with Gasteiger partial charge in [-0.25, -0.2) is 0 Å². The van der Waals surface area contributed by atoms with E-state index >= 15 is 0 Å². The van der Waals surface area contributed by atoms with Crippen molar-refractivity contribution in [2.24, 2.45) is 0 Å². The molecule has 2 aliphatic carbocycles. The van der Waals surface area contributed by atoms with Gasteiger partial charge >= 0.3 is 31.4 Å². The Hall–Kier alpha value is -0.437. The van der Waals surface area contributed by atoms with Crippen LogP contribution in [0.2, 0.25) is 0 Å². The number of hydrogen-bond acceptors (Lipinski definition) is 2. The molecule has 0 atom stereocenters. The first-order valence-electron chi connectivity index (χ1n) is 4.51. The molecule has 88 valence electrons. The molecule has 17 heavy (non-hydrogen) atoms. The molecule has 2 rings (SSSR count). The fourth-order valence-electron chi connectivity index (χ4n) is 1.03. The third-order valence-electron chi connectivity index (χ3n) is 1.82. The Kier molecular flexibility index (Phi) is 8.40. The van der Waals surface area contributed by atoms with Crippen molar-refractivity contribution in [3.05, 3.63) is 63.2 Å². The van der Waals surface area contributed by atoms with Crippen LogP contribution in [0.4, 0.5) is 0 Å². The Morgan fingerprint density at radius 1 is 0.706 bits per heavy atom. The maximum atomic E-state index is 10.1. The molecular formula is C12H10O4Ru+2. The number of carbonyl (C=O) groups is 2. The molecule has 0 aliphatic heterocycles. The molecule has 2 saturated carbocycles. The summed E-state index contributed by atoms with van der Waals surface area (Å²) in [6, 6.07) is 0. The average Bonchev–Trinajstić information content (AvgIpc) is 2.93. The van der Waals surface area contributed by atoms with E-state index in [0.29, 0.717) is 11.8 Å². The quantitative estimate of drug-likeness (QED) is 0.743. The fourth-order valence-corrected chi connectivity index (χ4v) is 1.03. The predicted octanol–water partition coefficient (Wildman–Crippen LogP) is 0.950. The molecule has 0 bridgehead atoms. The summed E-state index contributed by atoms with van der Waals surface area (Å²) < 4.78 is 0. The van der Waals surface area contributed by atoms with Crippen molar-refractivity contribution in [3.63, 3.8) is 0 Å². The number of rotatable bonds is 2. The molecule has 0 unspecified atom stereocenters. The van der Waals surface area contributed by atoms with Crippen molar-refractivity contribution in [2.75, 3.05) is 0 Å². The average molecular weight is 319 g/mol. The molecule has 10 radical (unpaired) electrons. The first-order chi connectivity index (χ1) is 7.61.